The number of amides is 1. The molecule has 208 valence electrons. The summed E-state index contributed by atoms with van der Waals surface area (Å²) in [7, 11) is -2.62. The quantitative estimate of drug-likeness (QED) is 0.166. The molecule has 41 heavy (non-hydrogen) atoms. The van der Waals surface area contributed by atoms with Crippen LogP contribution in [0.3, 0.4) is 0 Å². The zero-order chi connectivity index (χ0) is 28.8. The molecule has 0 unspecified atom stereocenters. The van der Waals surface area contributed by atoms with Crippen molar-refractivity contribution in [1.29, 1.82) is 0 Å². The van der Waals surface area contributed by atoms with Gasteiger partial charge < -0.3 is 8.92 Å². The van der Waals surface area contributed by atoms with E-state index in [2.05, 4.69) is 0 Å². The van der Waals surface area contributed by atoms with Gasteiger partial charge in [-0.15, -0.1) is 0 Å². The molecule has 1 aliphatic rings. The second-order valence-electron chi connectivity index (χ2n) is 9.33. The van der Waals surface area contributed by atoms with Gasteiger partial charge in [-0.3, -0.25) is 14.7 Å². The van der Waals surface area contributed by atoms with Gasteiger partial charge in [0.05, 0.1) is 25.1 Å². The highest BCUT2D eigenvalue weighted by Crippen LogP contribution is 2.36. The number of thioether (sulfide) groups is 1. The summed E-state index contributed by atoms with van der Waals surface area (Å²) < 4.78 is 36.5. The molecule has 7 nitrogen and oxygen atoms in total. The monoisotopic (exact) mass is 584 g/mol. The Bertz CT molecular complexity index is 1700. The first kappa shape index (κ1) is 28.2. The predicted molar refractivity (Wildman–Crippen MR) is 162 cm³/mol. The first-order chi connectivity index (χ1) is 19.8. The average molecular weight is 585 g/mol. The first-order valence-electron chi connectivity index (χ1n) is 12.9. The number of nitrogens with zero attached hydrogens (tertiary/aromatic N) is 2. The smallest absolute Gasteiger partial charge is 0.339 e. The number of carbonyl (C=O) groups excluding carboxylic acids is 1. The van der Waals surface area contributed by atoms with E-state index in [-0.39, 0.29) is 22.3 Å². The van der Waals surface area contributed by atoms with Crippen LogP contribution in [0.15, 0.2) is 118 Å². The molecule has 1 saturated heterocycles. The number of hydrogen-bond donors (Lipinski definition) is 0. The molecule has 0 aliphatic carbocycles. The Kier molecular flexibility index (Phi) is 8.56. The number of hydrogen-bond acceptors (Lipinski definition) is 7. The van der Waals surface area contributed by atoms with Crippen LogP contribution in [0.5, 0.6) is 11.5 Å². The number of aryl methyl sites for hydroxylation is 1. The van der Waals surface area contributed by atoms with Gasteiger partial charge in [0.15, 0.2) is 16.7 Å². The highest BCUT2D eigenvalue weighted by Gasteiger charge is 2.33. The summed E-state index contributed by atoms with van der Waals surface area (Å²) >= 11 is 1.31. The molecule has 0 aromatic heterocycles. The summed E-state index contributed by atoms with van der Waals surface area (Å²) in [5, 5.41) is 0.616. The van der Waals surface area contributed by atoms with Gasteiger partial charge in [-0.25, -0.2) is 0 Å². The van der Waals surface area contributed by atoms with E-state index in [4.69, 9.17) is 13.9 Å². The van der Waals surface area contributed by atoms with Crippen molar-refractivity contribution in [3.8, 4) is 11.5 Å². The van der Waals surface area contributed by atoms with Gasteiger partial charge in [0.25, 0.3) is 5.91 Å². The topological polar surface area (TPSA) is 85.3 Å². The van der Waals surface area contributed by atoms with Crippen molar-refractivity contribution in [1.82, 2.24) is 4.90 Å². The molecule has 9 heteroatoms. The molecule has 1 amide bonds. The zero-order valence-electron chi connectivity index (χ0n) is 22.6. The molecule has 0 spiro atoms. The SMILES string of the molecule is COc1cc(/C=C2/SC(=NCc3ccccc3)N(Cc3ccccc3)C2=O)ccc1OS(=O)(=O)c1ccc(C)cc1. The average Bonchev–Trinajstić information content (AvgIpc) is 3.27. The van der Waals surface area contributed by atoms with Crippen molar-refractivity contribution in [2.45, 2.75) is 24.9 Å². The summed E-state index contributed by atoms with van der Waals surface area (Å²) in [5.74, 6) is 0.118. The summed E-state index contributed by atoms with van der Waals surface area (Å²) in [6.07, 6.45) is 1.75. The van der Waals surface area contributed by atoms with Crippen molar-refractivity contribution in [2.75, 3.05) is 7.11 Å². The second kappa shape index (κ2) is 12.4. The third-order valence-electron chi connectivity index (χ3n) is 6.31. The van der Waals surface area contributed by atoms with Gasteiger partial charge in [0, 0.05) is 0 Å². The minimum atomic E-state index is -4.06. The molecule has 0 radical (unpaired) electrons. The van der Waals surface area contributed by atoms with E-state index in [9.17, 15) is 13.2 Å². The van der Waals surface area contributed by atoms with Crippen LogP contribution in [0.2, 0.25) is 0 Å². The lowest BCUT2D eigenvalue weighted by Crippen LogP contribution is -2.28. The molecule has 0 atom stereocenters. The van der Waals surface area contributed by atoms with Crippen molar-refractivity contribution in [3.05, 3.63) is 130 Å². The van der Waals surface area contributed by atoms with E-state index < -0.39 is 10.1 Å². The number of benzene rings is 4. The van der Waals surface area contributed by atoms with Crippen molar-refractivity contribution in [3.63, 3.8) is 0 Å². The van der Waals surface area contributed by atoms with Crippen LogP contribution in [0.1, 0.15) is 22.3 Å². The third kappa shape index (κ3) is 6.87. The number of aliphatic imine (C=N–C) groups is 1. The van der Waals surface area contributed by atoms with E-state index in [1.807, 2.05) is 67.6 Å². The molecule has 0 N–H and O–H groups in total. The fraction of sp³-hybridized carbons (Fsp3) is 0.125. The molecule has 0 bridgehead atoms. The van der Waals surface area contributed by atoms with E-state index in [1.165, 1.54) is 37.1 Å². The Balaban J connectivity index is 1.41. The number of rotatable bonds is 9. The first-order valence-corrected chi connectivity index (χ1v) is 15.1. The normalized spacial score (nSPS) is 15.5. The molecular formula is C32H28N2O5S2. The Morgan fingerprint density at radius 2 is 1.51 bits per heavy atom. The van der Waals surface area contributed by atoms with E-state index in [0.717, 1.165) is 16.7 Å². The fourth-order valence-electron chi connectivity index (χ4n) is 4.14. The summed E-state index contributed by atoms with van der Waals surface area (Å²) in [6, 6.07) is 30.9. The number of methoxy groups -OCH3 is 1. The maximum atomic E-state index is 13.5. The van der Waals surface area contributed by atoms with Gasteiger partial charge >= 0.3 is 10.1 Å². The lowest BCUT2D eigenvalue weighted by molar-refractivity contribution is -0.122. The maximum Gasteiger partial charge on any atom is 0.339 e. The number of carbonyl (C=O) groups is 1. The van der Waals surface area contributed by atoms with Crippen molar-refractivity contribution in [2.24, 2.45) is 4.99 Å². The fourth-order valence-corrected chi connectivity index (χ4v) is 6.05. The van der Waals surface area contributed by atoms with Crippen LogP contribution < -0.4 is 8.92 Å². The number of amidine groups is 1. The van der Waals surface area contributed by atoms with Crippen molar-refractivity contribution >= 4 is 39.0 Å². The molecule has 5 rings (SSSR count). The molecule has 1 fully saturated rings. The minimum absolute atomic E-state index is 0.0464. The molecule has 4 aromatic rings. The lowest BCUT2D eigenvalue weighted by atomic mass is 10.1. The Morgan fingerprint density at radius 1 is 0.854 bits per heavy atom. The molecule has 1 aliphatic heterocycles. The molecule has 0 saturated carbocycles. The van der Waals surface area contributed by atoms with E-state index in [0.29, 0.717) is 28.7 Å². The van der Waals surface area contributed by atoms with Gasteiger partial charge in [-0.1, -0.05) is 84.4 Å². The highest BCUT2D eigenvalue weighted by molar-refractivity contribution is 8.18. The van der Waals surface area contributed by atoms with Crippen LogP contribution in [0, 0.1) is 6.92 Å². The van der Waals surface area contributed by atoms with Gasteiger partial charge in [0.1, 0.15) is 4.90 Å². The van der Waals surface area contributed by atoms with E-state index in [1.54, 1.807) is 35.2 Å². The maximum absolute atomic E-state index is 13.5. The standard InChI is InChI=1S/C32H28N2O5S2/c1-23-13-16-27(17-14-23)41(36,37)39-28-18-15-26(19-29(28)38-2)20-30-31(35)34(22-25-11-7-4-8-12-25)32(40-30)33-21-24-9-5-3-6-10-24/h3-20H,21-22H2,1-2H3/b30-20+,33-32?. The Labute approximate surface area is 244 Å². The van der Waals surface area contributed by atoms with Crippen LogP contribution in [-0.4, -0.2) is 31.5 Å². The Morgan fingerprint density at radius 3 is 2.17 bits per heavy atom. The number of ether oxygens (including phenoxy) is 1. The summed E-state index contributed by atoms with van der Waals surface area (Å²) in [5.41, 5.74) is 3.63. The summed E-state index contributed by atoms with van der Waals surface area (Å²) in [6.45, 7) is 2.72. The van der Waals surface area contributed by atoms with Crippen LogP contribution in [0.4, 0.5) is 0 Å². The second-order valence-corrected chi connectivity index (χ2v) is 11.9. The van der Waals surface area contributed by atoms with Gasteiger partial charge in [-0.05, 0) is 65.7 Å². The van der Waals surface area contributed by atoms with Gasteiger partial charge in [0.2, 0.25) is 0 Å². The molecular weight excluding hydrogens is 556 g/mol. The molecule has 4 aromatic carbocycles. The van der Waals surface area contributed by atoms with Crippen LogP contribution in [0.25, 0.3) is 6.08 Å². The zero-order valence-corrected chi connectivity index (χ0v) is 24.2. The highest BCUT2D eigenvalue weighted by atomic mass is 32.2. The van der Waals surface area contributed by atoms with Gasteiger partial charge in [-0.2, -0.15) is 8.42 Å². The van der Waals surface area contributed by atoms with Crippen LogP contribution >= 0.6 is 11.8 Å². The van der Waals surface area contributed by atoms with E-state index >= 15 is 0 Å². The van der Waals surface area contributed by atoms with Crippen LogP contribution in [-0.2, 0) is 28.0 Å². The Hall–Kier alpha value is -4.34. The lowest BCUT2D eigenvalue weighted by Gasteiger charge is -2.15. The predicted octanol–water partition coefficient (Wildman–Crippen LogP) is 6.44. The minimum Gasteiger partial charge on any atom is -0.493 e. The largest absolute Gasteiger partial charge is 0.493 e. The third-order valence-corrected chi connectivity index (χ3v) is 8.60. The molecule has 1 heterocycles. The summed E-state index contributed by atoms with van der Waals surface area (Å²) in [4.78, 5) is 20.5. The van der Waals surface area contributed by atoms with Crippen molar-refractivity contribution < 1.29 is 22.1 Å².